The molecule has 1 heterocycles. The standard InChI is InChI=1S/C14H23ClN2O/c1-10(18)8-14(3,4)9-17-11(2)12-6-5-7-16-13(12)15/h5-7,10-11,17-18H,8-9H2,1-4H3. The van der Waals surface area contributed by atoms with Crippen LogP contribution in [0, 0.1) is 5.41 Å². The third kappa shape index (κ3) is 4.92. The van der Waals surface area contributed by atoms with E-state index in [-0.39, 0.29) is 17.6 Å². The number of aliphatic hydroxyl groups excluding tert-OH is 1. The molecule has 0 saturated heterocycles. The zero-order valence-corrected chi connectivity index (χ0v) is 12.3. The summed E-state index contributed by atoms with van der Waals surface area (Å²) in [4.78, 5) is 4.08. The first-order valence-corrected chi connectivity index (χ1v) is 6.71. The lowest BCUT2D eigenvalue weighted by atomic mass is 9.86. The van der Waals surface area contributed by atoms with Gasteiger partial charge in [-0.1, -0.05) is 31.5 Å². The van der Waals surface area contributed by atoms with E-state index in [4.69, 9.17) is 11.6 Å². The minimum atomic E-state index is -0.279. The van der Waals surface area contributed by atoms with E-state index in [1.54, 1.807) is 6.20 Å². The molecule has 0 aliphatic heterocycles. The summed E-state index contributed by atoms with van der Waals surface area (Å²) in [7, 11) is 0. The van der Waals surface area contributed by atoms with E-state index in [0.29, 0.717) is 5.15 Å². The summed E-state index contributed by atoms with van der Waals surface area (Å²) in [6.07, 6.45) is 2.18. The number of hydrogen-bond donors (Lipinski definition) is 2. The van der Waals surface area contributed by atoms with Gasteiger partial charge in [0.05, 0.1) is 6.10 Å². The molecule has 1 aromatic heterocycles. The summed E-state index contributed by atoms with van der Waals surface area (Å²) in [5.41, 5.74) is 1.06. The fourth-order valence-corrected chi connectivity index (χ4v) is 2.42. The normalized spacial score (nSPS) is 15.4. The van der Waals surface area contributed by atoms with Gasteiger partial charge >= 0.3 is 0 Å². The summed E-state index contributed by atoms with van der Waals surface area (Å²) in [6, 6.07) is 4.02. The van der Waals surface area contributed by atoms with Crippen molar-refractivity contribution in [3.8, 4) is 0 Å². The molecular formula is C14H23ClN2O. The topological polar surface area (TPSA) is 45.1 Å². The first kappa shape index (κ1) is 15.4. The zero-order chi connectivity index (χ0) is 13.8. The van der Waals surface area contributed by atoms with Crippen LogP contribution in [0.3, 0.4) is 0 Å². The number of halogens is 1. The van der Waals surface area contributed by atoms with Gasteiger partial charge in [-0.15, -0.1) is 0 Å². The SMILES string of the molecule is CC(O)CC(C)(C)CNC(C)c1cccnc1Cl. The molecule has 1 aromatic rings. The van der Waals surface area contributed by atoms with Gasteiger partial charge in [0.2, 0.25) is 0 Å². The molecular weight excluding hydrogens is 248 g/mol. The lowest BCUT2D eigenvalue weighted by Crippen LogP contribution is -2.33. The van der Waals surface area contributed by atoms with Crippen molar-refractivity contribution in [2.45, 2.75) is 46.3 Å². The minimum absolute atomic E-state index is 0.0527. The number of aromatic nitrogens is 1. The Hall–Kier alpha value is -0.640. The molecule has 2 unspecified atom stereocenters. The highest BCUT2D eigenvalue weighted by atomic mass is 35.5. The molecule has 0 saturated carbocycles. The molecule has 4 heteroatoms. The van der Waals surface area contributed by atoms with E-state index < -0.39 is 0 Å². The Kier molecular flexibility index (Phi) is 5.57. The monoisotopic (exact) mass is 270 g/mol. The summed E-state index contributed by atoms with van der Waals surface area (Å²) in [5, 5.41) is 13.5. The Bertz CT molecular complexity index is 380. The third-order valence-corrected chi connectivity index (χ3v) is 3.31. The lowest BCUT2D eigenvalue weighted by Gasteiger charge is -2.28. The van der Waals surface area contributed by atoms with E-state index >= 15 is 0 Å². The zero-order valence-electron chi connectivity index (χ0n) is 11.6. The first-order chi connectivity index (χ1) is 8.32. The van der Waals surface area contributed by atoms with Gasteiger partial charge in [0, 0.05) is 24.3 Å². The van der Waals surface area contributed by atoms with Gasteiger partial charge in [0.1, 0.15) is 5.15 Å². The van der Waals surface area contributed by atoms with Gasteiger partial charge in [-0.3, -0.25) is 0 Å². The Balaban J connectivity index is 2.56. The Morgan fingerprint density at radius 3 is 2.67 bits per heavy atom. The third-order valence-electron chi connectivity index (χ3n) is 2.99. The molecule has 1 rings (SSSR count). The van der Waals surface area contributed by atoms with E-state index in [1.807, 2.05) is 19.1 Å². The van der Waals surface area contributed by atoms with Gasteiger partial charge in [0.15, 0.2) is 0 Å². The van der Waals surface area contributed by atoms with Crippen LogP contribution in [0.25, 0.3) is 0 Å². The smallest absolute Gasteiger partial charge is 0.133 e. The van der Waals surface area contributed by atoms with Crippen LogP contribution in [-0.2, 0) is 0 Å². The number of pyridine rings is 1. The van der Waals surface area contributed by atoms with Crippen molar-refractivity contribution in [2.24, 2.45) is 5.41 Å². The second-order valence-corrected chi connectivity index (χ2v) is 6.06. The Morgan fingerprint density at radius 2 is 2.11 bits per heavy atom. The lowest BCUT2D eigenvalue weighted by molar-refractivity contribution is 0.127. The quantitative estimate of drug-likeness (QED) is 0.781. The van der Waals surface area contributed by atoms with Crippen molar-refractivity contribution in [1.82, 2.24) is 10.3 Å². The van der Waals surface area contributed by atoms with Crippen LogP contribution in [0.5, 0.6) is 0 Å². The first-order valence-electron chi connectivity index (χ1n) is 6.34. The van der Waals surface area contributed by atoms with Crippen molar-refractivity contribution in [3.05, 3.63) is 29.0 Å². The average molecular weight is 271 g/mol. The molecule has 0 aliphatic carbocycles. The van der Waals surface area contributed by atoms with Crippen LogP contribution in [0.15, 0.2) is 18.3 Å². The fraction of sp³-hybridized carbons (Fsp3) is 0.643. The second kappa shape index (κ2) is 6.50. The van der Waals surface area contributed by atoms with Gasteiger partial charge in [-0.05, 0) is 31.7 Å². The number of rotatable bonds is 6. The Morgan fingerprint density at radius 1 is 1.44 bits per heavy atom. The molecule has 0 spiro atoms. The molecule has 0 amide bonds. The highest BCUT2D eigenvalue weighted by Gasteiger charge is 2.21. The summed E-state index contributed by atoms with van der Waals surface area (Å²) in [5.74, 6) is 0. The van der Waals surface area contributed by atoms with Crippen molar-refractivity contribution in [2.75, 3.05) is 6.54 Å². The molecule has 0 bridgehead atoms. The van der Waals surface area contributed by atoms with Crippen molar-refractivity contribution in [1.29, 1.82) is 0 Å². The van der Waals surface area contributed by atoms with Gasteiger partial charge in [0.25, 0.3) is 0 Å². The summed E-state index contributed by atoms with van der Waals surface area (Å²) in [6.45, 7) is 9.00. The molecule has 0 aliphatic rings. The van der Waals surface area contributed by atoms with Crippen LogP contribution in [-0.4, -0.2) is 22.7 Å². The van der Waals surface area contributed by atoms with E-state index in [0.717, 1.165) is 18.5 Å². The minimum Gasteiger partial charge on any atom is -0.393 e. The summed E-state index contributed by atoms with van der Waals surface area (Å²) < 4.78 is 0. The molecule has 0 radical (unpaired) electrons. The maximum Gasteiger partial charge on any atom is 0.133 e. The van der Waals surface area contributed by atoms with Crippen LogP contribution in [0.1, 0.15) is 45.7 Å². The number of aliphatic hydroxyl groups is 1. The van der Waals surface area contributed by atoms with Crippen LogP contribution in [0.4, 0.5) is 0 Å². The maximum absolute atomic E-state index is 9.46. The van der Waals surface area contributed by atoms with E-state index in [9.17, 15) is 5.11 Å². The number of nitrogens with one attached hydrogen (secondary N) is 1. The molecule has 2 atom stereocenters. The van der Waals surface area contributed by atoms with E-state index in [1.165, 1.54) is 0 Å². The van der Waals surface area contributed by atoms with Crippen molar-refractivity contribution >= 4 is 11.6 Å². The summed E-state index contributed by atoms with van der Waals surface area (Å²) >= 11 is 6.06. The van der Waals surface area contributed by atoms with Gasteiger partial charge in [-0.2, -0.15) is 0 Å². The van der Waals surface area contributed by atoms with Gasteiger partial charge in [-0.25, -0.2) is 4.98 Å². The predicted octanol–water partition coefficient (Wildman–Crippen LogP) is 3.18. The molecule has 102 valence electrons. The predicted molar refractivity (Wildman–Crippen MR) is 75.7 cm³/mol. The van der Waals surface area contributed by atoms with E-state index in [2.05, 4.69) is 31.1 Å². The fourth-order valence-electron chi connectivity index (χ4n) is 2.13. The number of nitrogens with zero attached hydrogens (tertiary/aromatic N) is 1. The highest BCUT2D eigenvalue weighted by molar-refractivity contribution is 6.30. The van der Waals surface area contributed by atoms with Crippen molar-refractivity contribution in [3.63, 3.8) is 0 Å². The maximum atomic E-state index is 9.46. The second-order valence-electron chi connectivity index (χ2n) is 5.70. The average Bonchev–Trinajstić information content (AvgIpc) is 2.25. The largest absolute Gasteiger partial charge is 0.393 e. The highest BCUT2D eigenvalue weighted by Crippen LogP contribution is 2.24. The molecule has 0 aromatic carbocycles. The molecule has 3 nitrogen and oxygen atoms in total. The number of hydrogen-bond acceptors (Lipinski definition) is 3. The molecule has 18 heavy (non-hydrogen) atoms. The molecule has 0 fully saturated rings. The van der Waals surface area contributed by atoms with Crippen LogP contribution in [0.2, 0.25) is 5.15 Å². The van der Waals surface area contributed by atoms with Gasteiger partial charge < -0.3 is 10.4 Å². The Labute approximate surface area is 115 Å². The van der Waals surface area contributed by atoms with Crippen LogP contribution < -0.4 is 5.32 Å². The molecule has 2 N–H and O–H groups in total. The van der Waals surface area contributed by atoms with Crippen molar-refractivity contribution < 1.29 is 5.11 Å². The van der Waals surface area contributed by atoms with Crippen LogP contribution >= 0.6 is 11.6 Å².